The number of sulfonamides is 1. The molecule has 0 aromatic heterocycles. The van der Waals surface area contributed by atoms with Gasteiger partial charge in [-0.05, 0) is 43.2 Å². The van der Waals surface area contributed by atoms with Gasteiger partial charge in [0.15, 0.2) is 0 Å². The molecule has 33 heavy (non-hydrogen) atoms. The van der Waals surface area contributed by atoms with Crippen LogP contribution in [-0.4, -0.2) is 50.1 Å². The molecule has 0 saturated carbocycles. The SMILES string of the molecule is O=C(NNC(=O)[C@@H]1CC(=O)N(c2ccccc2F)C1)c1cccc(S(=O)(=O)N2CCCC2)c1. The Hall–Kier alpha value is -3.31. The van der Waals surface area contributed by atoms with Crippen molar-refractivity contribution in [2.75, 3.05) is 24.5 Å². The molecule has 0 unspecified atom stereocenters. The van der Waals surface area contributed by atoms with Gasteiger partial charge in [-0.1, -0.05) is 18.2 Å². The standard InChI is InChI=1S/C22H23FN4O5S/c23-18-8-1-2-9-19(18)27-14-16(13-20(27)28)22(30)25-24-21(29)15-6-5-7-17(12-15)33(31,32)26-10-3-4-11-26/h1-2,5-9,12,16H,3-4,10-11,13-14H2,(H,24,29)(H,25,30)/t16-/m1/s1. The number of carbonyl (C=O) groups excluding carboxylic acids is 3. The number of hydrogen-bond acceptors (Lipinski definition) is 5. The number of hydrazine groups is 1. The predicted octanol–water partition coefficient (Wildman–Crippen LogP) is 1.42. The Morgan fingerprint density at radius 3 is 2.45 bits per heavy atom. The van der Waals surface area contributed by atoms with E-state index >= 15 is 0 Å². The molecule has 4 rings (SSSR count). The first-order valence-electron chi connectivity index (χ1n) is 10.5. The average Bonchev–Trinajstić information content (AvgIpc) is 3.48. The van der Waals surface area contributed by atoms with E-state index in [2.05, 4.69) is 10.9 Å². The third-order valence-electron chi connectivity index (χ3n) is 5.74. The second-order valence-corrected chi connectivity index (χ2v) is 9.88. The molecule has 2 aliphatic rings. The first-order valence-corrected chi connectivity index (χ1v) is 12.0. The van der Waals surface area contributed by atoms with Crippen LogP contribution < -0.4 is 15.8 Å². The van der Waals surface area contributed by atoms with Gasteiger partial charge in [0, 0.05) is 31.6 Å². The molecular weight excluding hydrogens is 451 g/mol. The molecule has 11 heteroatoms. The van der Waals surface area contributed by atoms with Crippen LogP contribution in [0.4, 0.5) is 10.1 Å². The Morgan fingerprint density at radius 1 is 1.00 bits per heavy atom. The maximum Gasteiger partial charge on any atom is 0.269 e. The monoisotopic (exact) mass is 474 g/mol. The fourth-order valence-electron chi connectivity index (χ4n) is 3.95. The van der Waals surface area contributed by atoms with Crippen LogP contribution in [0.2, 0.25) is 0 Å². The summed E-state index contributed by atoms with van der Waals surface area (Å²) in [5.74, 6) is -3.04. The lowest BCUT2D eigenvalue weighted by molar-refractivity contribution is -0.126. The van der Waals surface area contributed by atoms with Gasteiger partial charge in [-0.25, -0.2) is 12.8 Å². The van der Waals surface area contributed by atoms with Gasteiger partial charge < -0.3 is 4.90 Å². The quantitative estimate of drug-likeness (QED) is 0.636. The van der Waals surface area contributed by atoms with Gasteiger partial charge in [0.05, 0.1) is 16.5 Å². The molecule has 9 nitrogen and oxygen atoms in total. The minimum absolute atomic E-state index is 0.00490. The Morgan fingerprint density at radius 2 is 1.73 bits per heavy atom. The summed E-state index contributed by atoms with van der Waals surface area (Å²) in [6, 6.07) is 11.4. The molecule has 2 fully saturated rings. The van der Waals surface area contributed by atoms with E-state index in [9.17, 15) is 27.2 Å². The van der Waals surface area contributed by atoms with Crippen molar-refractivity contribution in [3.8, 4) is 0 Å². The highest BCUT2D eigenvalue weighted by atomic mass is 32.2. The zero-order valence-electron chi connectivity index (χ0n) is 17.7. The van der Waals surface area contributed by atoms with E-state index < -0.39 is 39.5 Å². The zero-order chi connectivity index (χ0) is 23.6. The molecular formula is C22H23FN4O5S. The lowest BCUT2D eigenvalue weighted by Gasteiger charge is -2.17. The maximum atomic E-state index is 14.0. The molecule has 2 N–H and O–H groups in total. The van der Waals surface area contributed by atoms with Crippen LogP contribution in [0, 0.1) is 11.7 Å². The van der Waals surface area contributed by atoms with Crippen LogP contribution >= 0.6 is 0 Å². The number of hydrogen-bond donors (Lipinski definition) is 2. The third-order valence-corrected chi connectivity index (χ3v) is 7.63. The number of carbonyl (C=O) groups is 3. The predicted molar refractivity (Wildman–Crippen MR) is 117 cm³/mol. The summed E-state index contributed by atoms with van der Waals surface area (Å²) in [6.07, 6.45) is 1.46. The number of anilines is 1. The molecule has 0 aliphatic carbocycles. The highest BCUT2D eigenvalue weighted by Crippen LogP contribution is 2.27. The van der Waals surface area contributed by atoms with Gasteiger partial charge in [-0.15, -0.1) is 0 Å². The Kier molecular flexibility index (Phi) is 6.43. The normalized spacial score (nSPS) is 19.0. The van der Waals surface area contributed by atoms with E-state index in [1.165, 1.54) is 51.7 Å². The molecule has 2 aromatic rings. The number of nitrogens with one attached hydrogen (secondary N) is 2. The van der Waals surface area contributed by atoms with E-state index in [0.717, 1.165) is 12.8 Å². The lowest BCUT2D eigenvalue weighted by Crippen LogP contribution is -2.45. The molecule has 3 amide bonds. The van der Waals surface area contributed by atoms with Gasteiger partial charge in [-0.3, -0.25) is 25.2 Å². The third kappa shape index (κ3) is 4.74. The summed E-state index contributed by atoms with van der Waals surface area (Å²) in [4.78, 5) is 38.5. The summed E-state index contributed by atoms with van der Waals surface area (Å²) < 4.78 is 40.8. The van der Waals surface area contributed by atoms with Crippen molar-refractivity contribution in [1.82, 2.24) is 15.2 Å². The molecule has 2 saturated heterocycles. The number of amides is 3. The Balaban J connectivity index is 1.38. The van der Waals surface area contributed by atoms with Crippen molar-refractivity contribution >= 4 is 33.4 Å². The summed E-state index contributed by atoms with van der Waals surface area (Å²) in [6.45, 7) is 0.864. The number of para-hydroxylation sites is 1. The second-order valence-electron chi connectivity index (χ2n) is 7.94. The highest BCUT2D eigenvalue weighted by Gasteiger charge is 2.36. The first kappa shape index (κ1) is 22.9. The van der Waals surface area contributed by atoms with E-state index in [1.807, 2.05) is 0 Å². The van der Waals surface area contributed by atoms with Gasteiger partial charge in [0.1, 0.15) is 5.82 Å². The van der Waals surface area contributed by atoms with Crippen LogP contribution in [0.1, 0.15) is 29.6 Å². The average molecular weight is 475 g/mol. The Labute approximate surface area is 190 Å². The van der Waals surface area contributed by atoms with Crippen molar-refractivity contribution in [3.63, 3.8) is 0 Å². The molecule has 2 aliphatic heterocycles. The maximum absolute atomic E-state index is 14.0. The van der Waals surface area contributed by atoms with Crippen LogP contribution in [0.3, 0.4) is 0 Å². The highest BCUT2D eigenvalue weighted by molar-refractivity contribution is 7.89. The van der Waals surface area contributed by atoms with Gasteiger partial charge in [0.25, 0.3) is 5.91 Å². The van der Waals surface area contributed by atoms with E-state index in [1.54, 1.807) is 6.07 Å². The van der Waals surface area contributed by atoms with Crippen molar-refractivity contribution in [3.05, 3.63) is 59.9 Å². The topological polar surface area (TPSA) is 116 Å². The fraction of sp³-hybridized carbons (Fsp3) is 0.318. The molecule has 2 aromatic carbocycles. The molecule has 0 spiro atoms. The molecule has 2 heterocycles. The molecule has 174 valence electrons. The molecule has 1 atom stereocenters. The second kappa shape index (κ2) is 9.28. The number of rotatable bonds is 5. The summed E-state index contributed by atoms with van der Waals surface area (Å²) in [5.41, 5.74) is 4.68. The minimum Gasteiger partial charge on any atom is -0.309 e. The van der Waals surface area contributed by atoms with Crippen LogP contribution in [0.25, 0.3) is 0 Å². The molecule has 0 radical (unpaired) electrons. The van der Waals surface area contributed by atoms with E-state index in [0.29, 0.717) is 13.1 Å². The molecule has 0 bridgehead atoms. The van der Waals surface area contributed by atoms with Crippen molar-refractivity contribution in [2.24, 2.45) is 5.92 Å². The summed E-state index contributed by atoms with van der Waals surface area (Å²) >= 11 is 0. The lowest BCUT2D eigenvalue weighted by atomic mass is 10.1. The number of halogens is 1. The van der Waals surface area contributed by atoms with E-state index in [-0.39, 0.29) is 29.1 Å². The largest absolute Gasteiger partial charge is 0.309 e. The van der Waals surface area contributed by atoms with Crippen molar-refractivity contribution in [1.29, 1.82) is 0 Å². The zero-order valence-corrected chi connectivity index (χ0v) is 18.5. The van der Waals surface area contributed by atoms with Gasteiger partial charge in [0.2, 0.25) is 21.8 Å². The fourth-order valence-corrected chi connectivity index (χ4v) is 5.52. The smallest absolute Gasteiger partial charge is 0.269 e. The van der Waals surface area contributed by atoms with Crippen LogP contribution in [-0.2, 0) is 19.6 Å². The van der Waals surface area contributed by atoms with Gasteiger partial charge >= 0.3 is 0 Å². The van der Waals surface area contributed by atoms with Crippen molar-refractivity contribution in [2.45, 2.75) is 24.2 Å². The van der Waals surface area contributed by atoms with E-state index in [4.69, 9.17) is 0 Å². The summed E-state index contributed by atoms with van der Waals surface area (Å²) in [5, 5.41) is 0. The number of nitrogens with zero attached hydrogens (tertiary/aromatic N) is 2. The Bertz CT molecular complexity index is 1200. The first-order chi connectivity index (χ1) is 15.8. The van der Waals surface area contributed by atoms with Crippen LogP contribution in [0.5, 0.6) is 0 Å². The van der Waals surface area contributed by atoms with Gasteiger partial charge in [-0.2, -0.15) is 4.31 Å². The minimum atomic E-state index is -3.69. The summed E-state index contributed by atoms with van der Waals surface area (Å²) in [7, 11) is -3.69. The number of benzene rings is 2. The van der Waals surface area contributed by atoms with Crippen molar-refractivity contribution < 1.29 is 27.2 Å². The van der Waals surface area contributed by atoms with Crippen LogP contribution in [0.15, 0.2) is 53.4 Å².